The number of aromatic carboxylic acids is 1. The molecule has 0 saturated heterocycles. The predicted molar refractivity (Wildman–Crippen MR) is 74.8 cm³/mol. The van der Waals surface area contributed by atoms with Gasteiger partial charge in [-0.25, -0.2) is 4.79 Å². The van der Waals surface area contributed by atoms with E-state index in [2.05, 4.69) is 5.10 Å². The summed E-state index contributed by atoms with van der Waals surface area (Å²) in [6.45, 7) is 0.221. The van der Waals surface area contributed by atoms with Gasteiger partial charge in [0.25, 0.3) is 10.0 Å². The van der Waals surface area contributed by atoms with Gasteiger partial charge in [-0.1, -0.05) is 12.1 Å². The van der Waals surface area contributed by atoms with Gasteiger partial charge in [0.2, 0.25) is 0 Å². The molecule has 2 heterocycles. The number of anilines is 1. The summed E-state index contributed by atoms with van der Waals surface area (Å²) in [6, 6.07) is 6.18. The SMILES string of the molecule is Cn1ccc(S(=O)(=O)N2CCc3cccc(C(=O)O)c32)n1. The maximum atomic E-state index is 12.6. The standard InChI is InChI=1S/C13H13N3O4S/c1-15-7-6-11(14-15)21(19,20)16-8-5-9-3-2-4-10(12(9)16)13(17)18/h2-4,6-7H,5,8H2,1H3,(H,17,18). The Morgan fingerprint density at radius 1 is 1.33 bits per heavy atom. The van der Waals surface area contributed by atoms with Gasteiger partial charge in [-0.2, -0.15) is 13.5 Å². The molecule has 1 aliphatic heterocycles. The molecule has 0 radical (unpaired) electrons. The highest BCUT2D eigenvalue weighted by atomic mass is 32.2. The summed E-state index contributed by atoms with van der Waals surface area (Å²) in [5.41, 5.74) is 0.953. The molecule has 1 N–H and O–H groups in total. The van der Waals surface area contributed by atoms with Gasteiger partial charge in [0.05, 0.1) is 11.3 Å². The maximum absolute atomic E-state index is 12.6. The lowest BCUT2D eigenvalue weighted by atomic mass is 10.1. The Morgan fingerprint density at radius 3 is 2.71 bits per heavy atom. The monoisotopic (exact) mass is 307 g/mol. The van der Waals surface area contributed by atoms with E-state index < -0.39 is 16.0 Å². The van der Waals surface area contributed by atoms with Crippen molar-refractivity contribution < 1.29 is 18.3 Å². The molecule has 21 heavy (non-hydrogen) atoms. The minimum absolute atomic E-state index is 0.00972. The van der Waals surface area contributed by atoms with E-state index in [-0.39, 0.29) is 22.8 Å². The van der Waals surface area contributed by atoms with Gasteiger partial charge in [0, 0.05) is 19.8 Å². The molecular weight excluding hydrogens is 294 g/mol. The Kier molecular flexibility index (Phi) is 2.98. The summed E-state index contributed by atoms with van der Waals surface area (Å²) >= 11 is 0. The van der Waals surface area contributed by atoms with Crippen molar-refractivity contribution in [2.75, 3.05) is 10.8 Å². The second-order valence-electron chi connectivity index (χ2n) is 4.77. The van der Waals surface area contributed by atoms with E-state index in [1.807, 2.05) is 0 Å². The van der Waals surface area contributed by atoms with Crippen molar-refractivity contribution in [1.82, 2.24) is 9.78 Å². The fraction of sp³-hybridized carbons (Fsp3) is 0.231. The van der Waals surface area contributed by atoms with Crippen LogP contribution in [0.5, 0.6) is 0 Å². The number of aromatic nitrogens is 2. The van der Waals surface area contributed by atoms with E-state index in [0.29, 0.717) is 6.42 Å². The molecule has 7 nitrogen and oxygen atoms in total. The molecule has 1 aromatic heterocycles. The van der Waals surface area contributed by atoms with Crippen LogP contribution in [0.25, 0.3) is 0 Å². The van der Waals surface area contributed by atoms with Gasteiger partial charge in [0.1, 0.15) is 0 Å². The van der Waals surface area contributed by atoms with Crippen molar-refractivity contribution in [3.63, 3.8) is 0 Å². The summed E-state index contributed by atoms with van der Waals surface area (Å²) in [5, 5.41) is 13.1. The molecule has 0 atom stereocenters. The number of carbonyl (C=O) groups is 1. The number of carboxylic acid groups (broad SMARTS) is 1. The number of sulfonamides is 1. The molecule has 0 fully saturated rings. The Morgan fingerprint density at radius 2 is 2.10 bits per heavy atom. The molecule has 0 spiro atoms. The minimum Gasteiger partial charge on any atom is -0.478 e. The second-order valence-corrected chi connectivity index (χ2v) is 6.58. The number of nitrogens with zero attached hydrogens (tertiary/aromatic N) is 3. The van der Waals surface area contributed by atoms with Gasteiger partial charge < -0.3 is 5.11 Å². The van der Waals surface area contributed by atoms with Crippen molar-refractivity contribution in [3.8, 4) is 0 Å². The first-order valence-corrected chi connectivity index (χ1v) is 7.73. The highest BCUT2D eigenvalue weighted by molar-refractivity contribution is 7.92. The third-order valence-corrected chi connectivity index (χ3v) is 5.12. The minimum atomic E-state index is -3.85. The van der Waals surface area contributed by atoms with Crippen LogP contribution in [0.4, 0.5) is 5.69 Å². The molecule has 1 aliphatic rings. The number of benzene rings is 1. The highest BCUT2D eigenvalue weighted by Crippen LogP contribution is 2.35. The van der Waals surface area contributed by atoms with Crippen LogP contribution in [-0.2, 0) is 23.5 Å². The zero-order valence-corrected chi connectivity index (χ0v) is 12.0. The van der Waals surface area contributed by atoms with Crippen molar-refractivity contribution >= 4 is 21.7 Å². The molecule has 0 unspecified atom stereocenters. The molecule has 110 valence electrons. The molecule has 3 rings (SSSR count). The van der Waals surface area contributed by atoms with Crippen LogP contribution >= 0.6 is 0 Å². The van der Waals surface area contributed by atoms with Crippen LogP contribution in [-0.4, -0.2) is 35.8 Å². The van der Waals surface area contributed by atoms with Crippen molar-refractivity contribution in [3.05, 3.63) is 41.6 Å². The van der Waals surface area contributed by atoms with Gasteiger partial charge >= 0.3 is 5.97 Å². The molecule has 0 bridgehead atoms. The number of fused-ring (bicyclic) bond motifs is 1. The Labute approximate surface area is 121 Å². The largest absolute Gasteiger partial charge is 0.478 e. The summed E-state index contributed by atoms with van der Waals surface area (Å²) < 4.78 is 27.8. The van der Waals surface area contributed by atoms with Gasteiger partial charge in [0.15, 0.2) is 5.03 Å². The average molecular weight is 307 g/mol. The predicted octanol–water partition coefficient (Wildman–Crippen LogP) is 0.870. The lowest BCUT2D eigenvalue weighted by Crippen LogP contribution is -2.30. The van der Waals surface area contributed by atoms with E-state index in [0.717, 1.165) is 9.87 Å². The number of rotatable bonds is 3. The van der Waals surface area contributed by atoms with Crippen LogP contribution in [0.2, 0.25) is 0 Å². The van der Waals surface area contributed by atoms with Crippen LogP contribution in [0.3, 0.4) is 0 Å². The van der Waals surface area contributed by atoms with Gasteiger partial charge in [-0.05, 0) is 24.1 Å². The fourth-order valence-corrected chi connectivity index (χ4v) is 3.96. The zero-order valence-electron chi connectivity index (χ0n) is 11.2. The zero-order chi connectivity index (χ0) is 15.2. The molecular formula is C13H13N3O4S. The smallest absolute Gasteiger partial charge is 0.337 e. The number of para-hydroxylation sites is 1. The molecule has 2 aromatic rings. The molecule has 1 aromatic carbocycles. The Bertz CT molecular complexity index is 826. The number of carboxylic acids is 1. The van der Waals surface area contributed by atoms with E-state index in [9.17, 15) is 18.3 Å². The summed E-state index contributed by atoms with van der Waals surface area (Å²) in [7, 11) is -2.22. The van der Waals surface area contributed by atoms with Gasteiger partial charge in [-0.3, -0.25) is 8.99 Å². The first kappa shape index (κ1) is 13.6. The highest BCUT2D eigenvalue weighted by Gasteiger charge is 2.35. The molecule has 8 heteroatoms. The third kappa shape index (κ3) is 2.07. The summed E-state index contributed by atoms with van der Waals surface area (Å²) in [6.07, 6.45) is 2.02. The fourth-order valence-electron chi connectivity index (χ4n) is 2.48. The molecule has 0 saturated carbocycles. The average Bonchev–Trinajstić information content (AvgIpc) is 3.04. The van der Waals surface area contributed by atoms with E-state index >= 15 is 0 Å². The van der Waals surface area contributed by atoms with E-state index in [1.165, 1.54) is 23.0 Å². The first-order valence-electron chi connectivity index (χ1n) is 6.29. The normalized spacial score (nSPS) is 14.2. The maximum Gasteiger partial charge on any atom is 0.337 e. The third-order valence-electron chi connectivity index (χ3n) is 3.43. The van der Waals surface area contributed by atoms with Crippen molar-refractivity contribution in [1.29, 1.82) is 0 Å². The van der Waals surface area contributed by atoms with Gasteiger partial charge in [-0.15, -0.1) is 0 Å². The van der Waals surface area contributed by atoms with Crippen LogP contribution in [0, 0.1) is 0 Å². The van der Waals surface area contributed by atoms with Crippen molar-refractivity contribution in [2.24, 2.45) is 7.05 Å². The first-order chi connectivity index (χ1) is 9.91. The summed E-state index contributed by atoms with van der Waals surface area (Å²) in [5.74, 6) is -1.14. The molecule has 0 aliphatic carbocycles. The summed E-state index contributed by atoms with van der Waals surface area (Å²) in [4.78, 5) is 11.3. The second kappa shape index (κ2) is 4.59. The van der Waals surface area contributed by atoms with Crippen LogP contribution in [0.15, 0.2) is 35.5 Å². The van der Waals surface area contributed by atoms with Crippen LogP contribution in [0.1, 0.15) is 15.9 Å². The van der Waals surface area contributed by atoms with Crippen molar-refractivity contribution in [2.45, 2.75) is 11.4 Å². The van der Waals surface area contributed by atoms with E-state index in [1.54, 1.807) is 19.2 Å². The van der Waals surface area contributed by atoms with E-state index in [4.69, 9.17) is 0 Å². The Balaban J connectivity index is 2.15. The number of hydrogen-bond donors (Lipinski definition) is 1. The Hall–Kier alpha value is -2.35. The number of aryl methyl sites for hydroxylation is 1. The molecule has 0 amide bonds. The quantitative estimate of drug-likeness (QED) is 0.908. The van der Waals surface area contributed by atoms with Crippen LogP contribution < -0.4 is 4.31 Å². The lowest BCUT2D eigenvalue weighted by molar-refractivity contribution is 0.0698. The number of hydrogen-bond acceptors (Lipinski definition) is 4. The lowest BCUT2D eigenvalue weighted by Gasteiger charge is -2.19. The topological polar surface area (TPSA) is 92.5 Å².